The number of carbonyl (C=O) groups excluding carboxylic acids is 1. The third-order valence-electron chi connectivity index (χ3n) is 5.70. The number of thiazole rings is 1. The van der Waals surface area contributed by atoms with E-state index in [-0.39, 0.29) is 11.8 Å². The van der Waals surface area contributed by atoms with Gasteiger partial charge in [-0.15, -0.1) is 11.3 Å². The van der Waals surface area contributed by atoms with E-state index in [9.17, 15) is 4.79 Å². The Morgan fingerprint density at radius 3 is 2.63 bits per heavy atom. The summed E-state index contributed by atoms with van der Waals surface area (Å²) in [6.07, 6.45) is 6.13. The third-order valence-corrected chi connectivity index (χ3v) is 6.78. The van der Waals surface area contributed by atoms with Crippen molar-refractivity contribution in [3.8, 4) is 0 Å². The smallest absolute Gasteiger partial charge is 0.229 e. The quantitative estimate of drug-likeness (QED) is 0.829. The minimum Gasteiger partial charge on any atom is -0.317 e. The SMILES string of the molecule is O=C(Nc1ncc(C2CCNCC2)s1)C1CCN(Cc2ccccc2)CC1. The summed E-state index contributed by atoms with van der Waals surface area (Å²) in [6.45, 7) is 5.08. The Balaban J connectivity index is 1.25. The lowest BCUT2D eigenvalue weighted by molar-refractivity contribution is -0.121. The van der Waals surface area contributed by atoms with E-state index in [4.69, 9.17) is 0 Å². The van der Waals surface area contributed by atoms with Crippen LogP contribution in [-0.2, 0) is 11.3 Å². The molecule has 0 bridgehead atoms. The number of nitrogens with zero attached hydrogens (tertiary/aromatic N) is 2. The van der Waals surface area contributed by atoms with Crippen LogP contribution in [0.4, 0.5) is 5.13 Å². The lowest BCUT2D eigenvalue weighted by Gasteiger charge is -2.31. The number of hydrogen-bond acceptors (Lipinski definition) is 5. The number of likely N-dealkylation sites (tertiary alicyclic amines) is 1. The molecule has 2 aliphatic heterocycles. The molecule has 0 aliphatic carbocycles. The molecule has 144 valence electrons. The first-order valence-electron chi connectivity index (χ1n) is 10.0. The van der Waals surface area contributed by atoms with Crippen molar-refractivity contribution in [1.82, 2.24) is 15.2 Å². The molecule has 1 aromatic heterocycles. The normalized spacial score (nSPS) is 19.9. The fraction of sp³-hybridized carbons (Fsp3) is 0.524. The van der Waals surface area contributed by atoms with E-state index < -0.39 is 0 Å². The molecule has 27 heavy (non-hydrogen) atoms. The molecular weight excluding hydrogens is 356 g/mol. The van der Waals surface area contributed by atoms with Gasteiger partial charge in [0, 0.05) is 23.5 Å². The van der Waals surface area contributed by atoms with Crippen LogP contribution in [0.3, 0.4) is 0 Å². The molecule has 2 saturated heterocycles. The Morgan fingerprint density at radius 2 is 1.89 bits per heavy atom. The van der Waals surface area contributed by atoms with E-state index in [0.29, 0.717) is 5.92 Å². The van der Waals surface area contributed by atoms with Gasteiger partial charge in [0.1, 0.15) is 0 Å². The number of piperidine rings is 2. The lowest BCUT2D eigenvalue weighted by atomic mass is 9.95. The minimum absolute atomic E-state index is 0.100. The van der Waals surface area contributed by atoms with Gasteiger partial charge in [-0.2, -0.15) is 0 Å². The van der Waals surface area contributed by atoms with Gasteiger partial charge < -0.3 is 10.6 Å². The van der Waals surface area contributed by atoms with Crippen LogP contribution in [0.2, 0.25) is 0 Å². The highest BCUT2D eigenvalue weighted by Gasteiger charge is 2.26. The summed E-state index contributed by atoms with van der Waals surface area (Å²) in [5, 5.41) is 7.23. The summed E-state index contributed by atoms with van der Waals surface area (Å²) in [6, 6.07) is 10.6. The molecule has 0 spiro atoms. The summed E-state index contributed by atoms with van der Waals surface area (Å²) in [5.74, 6) is 0.833. The van der Waals surface area contributed by atoms with Gasteiger partial charge in [0.2, 0.25) is 5.91 Å². The van der Waals surface area contributed by atoms with Crippen molar-refractivity contribution in [1.29, 1.82) is 0 Å². The minimum atomic E-state index is 0.100. The molecule has 2 aliphatic rings. The first-order valence-corrected chi connectivity index (χ1v) is 10.8. The van der Waals surface area contributed by atoms with Crippen LogP contribution in [0.1, 0.15) is 42.0 Å². The topological polar surface area (TPSA) is 57.3 Å². The number of nitrogens with one attached hydrogen (secondary N) is 2. The summed E-state index contributed by atoms with van der Waals surface area (Å²) < 4.78 is 0. The van der Waals surface area contributed by atoms with Crippen LogP contribution in [0.15, 0.2) is 36.5 Å². The predicted octanol–water partition coefficient (Wildman–Crippen LogP) is 3.46. The number of amides is 1. The number of anilines is 1. The second-order valence-electron chi connectivity index (χ2n) is 7.62. The first kappa shape index (κ1) is 18.6. The van der Waals surface area contributed by atoms with Crippen LogP contribution in [0, 0.1) is 5.92 Å². The molecule has 0 atom stereocenters. The van der Waals surface area contributed by atoms with Gasteiger partial charge in [-0.05, 0) is 63.3 Å². The summed E-state index contributed by atoms with van der Waals surface area (Å²) in [5.41, 5.74) is 1.34. The number of benzene rings is 1. The van der Waals surface area contributed by atoms with E-state index in [0.717, 1.165) is 63.5 Å². The molecule has 3 heterocycles. The molecule has 2 N–H and O–H groups in total. The maximum Gasteiger partial charge on any atom is 0.229 e. The van der Waals surface area contributed by atoms with Crippen molar-refractivity contribution in [3.63, 3.8) is 0 Å². The maximum atomic E-state index is 12.6. The monoisotopic (exact) mass is 384 g/mol. The first-order chi connectivity index (χ1) is 13.3. The second-order valence-corrected chi connectivity index (χ2v) is 8.68. The van der Waals surface area contributed by atoms with Crippen LogP contribution in [0.5, 0.6) is 0 Å². The molecule has 1 aromatic carbocycles. The molecule has 6 heteroatoms. The largest absolute Gasteiger partial charge is 0.317 e. The zero-order valence-electron chi connectivity index (χ0n) is 15.7. The van der Waals surface area contributed by atoms with E-state index in [1.807, 2.05) is 6.20 Å². The van der Waals surface area contributed by atoms with Gasteiger partial charge in [-0.25, -0.2) is 4.98 Å². The lowest BCUT2D eigenvalue weighted by Crippen LogP contribution is -2.37. The fourth-order valence-corrected chi connectivity index (χ4v) is 5.03. The molecule has 2 fully saturated rings. The van der Waals surface area contributed by atoms with Gasteiger partial charge in [0.25, 0.3) is 0 Å². The third kappa shape index (κ3) is 4.94. The van der Waals surface area contributed by atoms with Crippen LogP contribution in [-0.4, -0.2) is 42.0 Å². The van der Waals surface area contributed by atoms with Gasteiger partial charge in [0.15, 0.2) is 5.13 Å². The van der Waals surface area contributed by atoms with Crippen molar-refractivity contribution < 1.29 is 4.79 Å². The van der Waals surface area contributed by atoms with Gasteiger partial charge in [0.05, 0.1) is 0 Å². The van der Waals surface area contributed by atoms with Crippen molar-refractivity contribution >= 4 is 22.4 Å². The van der Waals surface area contributed by atoms with Gasteiger partial charge >= 0.3 is 0 Å². The Morgan fingerprint density at radius 1 is 1.15 bits per heavy atom. The molecule has 1 amide bonds. The fourth-order valence-electron chi connectivity index (χ4n) is 4.04. The summed E-state index contributed by atoms with van der Waals surface area (Å²) in [4.78, 5) is 20.8. The molecule has 0 unspecified atom stereocenters. The van der Waals surface area contributed by atoms with Gasteiger partial charge in [-0.3, -0.25) is 9.69 Å². The standard InChI is InChI=1S/C21H28N4OS/c26-20(24-21-23-14-19(27-21)17-6-10-22-11-7-17)18-8-12-25(13-9-18)15-16-4-2-1-3-5-16/h1-5,14,17-18,22H,6-13,15H2,(H,23,24,26). The van der Waals surface area contributed by atoms with E-state index in [2.05, 4.69) is 50.8 Å². The van der Waals surface area contributed by atoms with E-state index in [1.165, 1.54) is 10.4 Å². The molecule has 5 nitrogen and oxygen atoms in total. The van der Waals surface area contributed by atoms with Crippen molar-refractivity contribution in [3.05, 3.63) is 47.0 Å². The average molecular weight is 385 g/mol. The van der Waals surface area contributed by atoms with Gasteiger partial charge in [-0.1, -0.05) is 30.3 Å². The van der Waals surface area contributed by atoms with Crippen LogP contribution < -0.4 is 10.6 Å². The maximum absolute atomic E-state index is 12.6. The highest BCUT2D eigenvalue weighted by Crippen LogP contribution is 2.32. The average Bonchev–Trinajstić information content (AvgIpc) is 3.18. The zero-order valence-corrected chi connectivity index (χ0v) is 16.5. The molecule has 2 aromatic rings. The summed E-state index contributed by atoms with van der Waals surface area (Å²) in [7, 11) is 0. The number of rotatable bonds is 5. The molecule has 4 rings (SSSR count). The van der Waals surface area contributed by atoms with Crippen LogP contribution in [0.25, 0.3) is 0 Å². The Bertz CT molecular complexity index is 734. The summed E-state index contributed by atoms with van der Waals surface area (Å²) >= 11 is 1.65. The van der Waals surface area contributed by atoms with Crippen molar-refractivity contribution in [2.24, 2.45) is 5.92 Å². The predicted molar refractivity (Wildman–Crippen MR) is 110 cm³/mol. The Labute approximate surface area is 165 Å². The number of hydrogen-bond donors (Lipinski definition) is 2. The van der Waals surface area contributed by atoms with E-state index in [1.54, 1.807) is 11.3 Å². The molecule has 0 radical (unpaired) electrons. The zero-order chi connectivity index (χ0) is 18.5. The van der Waals surface area contributed by atoms with Crippen LogP contribution >= 0.6 is 11.3 Å². The highest BCUT2D eigenvalue weighted by atomic mass is 32.1. The molecular formula is C21H28N4OS. The number of aromatic nitrogens is 1. The van der Waals surface area contributed by atoms with Crippen molar-refractivity contribution in [2.45, 2.75) is 38.1 Å². The Kier molecular flexibility index (Phi) is 6.17. The number of carbonyl (C=O) groups is 1. The Hall–Kier alpha value is -1.76. The molecule has 0 saturated carbocycles. The second kappa shape index (κ2) is 8.95. The van der Waals surface area contributed by atoms with Crippen molar-refractivity contribution in [2.75, 3.05) is 31.5 Å². The highest BCUT2D eigenvalue weighted by molar-refractivity contribution is 7.15. The van der Waals surface area contributed by atoms with E-state index >= 15 is 0 Å².